The fourth-order valence-corrected chi connectivity index (χ4v) is 6.64. The summed E-state index contributed by atoms with van der Waals surface area (Å²) in [6.45, 7) is 0.340. The number of fused-ring (bicyclic) bond motifs is 5. The lowest BCUT2D eigenvalue weighted by Crippen LogP contribution is -2.59. The van der Waals surface area contributed by atoms with Gasteiger partial charge in [-0.1, -0.05) is 91.0 Å². The first-order valence-electron chi connectivity index (χ1n) is 13.2. The number of hydrogen-bond donors (Lipinski definition) is 1. The molecule has 3 aliphatic rings. The molecular formula is C32H33NO3. The largest absolute Gasteiger partial charge is 0.448 e. The van der Waals surface area contributed by atoms with E-state index in [9.17, 15) is 9.90 Å². The van der Waals surface area contributed by atoms with Crippen LogP contribution in [-0.4, -0.2) is 40.4 Å². The first-order chi connectivity index (χ1) is 17.6. The summed E-state index contributed by atoms with van der Waals surface area (Å²) in [5, 5.41) is 11.4. The van der Waals surface area contributed by atoms with E-state index in [2.05, 4.69) is 72.8 Å². The molecule has 1 aliphatic carbocycles. The van der Waals surface area contributed by atoms with Crippen molar-refractivity contribution in [2.24, 2.45) is 0 Å². The lowest BCUT2D eigenvalue weighted by molar-refractivity contribution is -0.0826. The van der Waals surface area contributed by atoms with E-state index in [4.69, 9.17) is 4.74 Å². The van der Waals surface area contributed by atoms with E-state index in [0.717, 1.165) is 24.8 Å². The molecule has 3 aromatic carbocycles. The van der Waals surface area contributed by atoms with Crippen molar-refractivity contribution in [3.05, 3.63) is 102 Å². The van der Waals surface area contributed by atoms with Crippen LogP contribution in [0.25, 0.3) is 17.2 Å². The van der Waals surface area contributed by atoms with Gasteiger partial charge in [0.1, 0.15) is 6.61 Å². The first-order valence-corrected chi connectivity index (χ1v) is 13.2. The number of carbonyl (C=O) groups is 1. The minimum Gasteiger partial charge on any atom is -0.448 e. The van der Waals surface area contributed by atoms with Crippen molar-refractivity contribution < 1.29 is 14.6 Å². The summed E-state index contributed by atoms with van der Waals surface area (Å²) >= 11 is 0. The van der Waals surface area contributed by atoms with Gasteiger partial charge < -0.3 is 14.7 Å². The molecular weight excluding hydrogens is 446 g/mol. The van der Waals surface area contributed by atoms with E-state index in [-0.39, 0.29) is 24.1 Å². The van der Waals surface area contributed by atoms with E-state index in [1.54, 1.807) is 0 Å². The second kappa shape index (κ2) is 9.59. The molecule has 0 aromatic heterocycles. The van der Waals surface area contributed by atoms with Crippen LogP contribution in [0.4, 0.5) is 4.79 Å². The zero-order chi connectivity index (χ0) is 24.5. The Kier molecular flexibility index (Phi) is 6.14. The zero-order valence-electron chi connectivity index (χ0n) is 20.6. The molecule has 0 saturated carbocycles. The topological polar surface area (TPSA) is 49.8 Å². The predicted octanol–water partition coefficient (Wildman–Crippen LogP) is 6.79. The van der Waals surface area contributed by atoms with Crippen LogP contribution in [0.3, 0.4) is 0 Å². The molecule has 6 rings (SSSR count). The number of hydrogen-bond acceptors (Lipinski definition) is 3. The second-order valence-electron chi connectivity index (χ2n) is 10.6. The van der Waals surface area contributed by atoms with Gasteiger partial charge in [0.05, 0.1) is 5.60 Å². The normalized spacial score (nSPS) is 25.0. The van der Waals surface area contributed by atoms with Gasteiger partial charge in [-0.15, -0.1) is 0 Å². The molecule has 1 N–H and O–H groups in total. The molecule has 4 nitrogen and oxygen atoms in total. The third kappa shape index (κ3) is 4.35. The summed E-state index contributed by atoms with van der Waals surface area (Å²) in [5.41, 5.74) is 5.28. The lowest BCUT2D eigenvalue weighted by Gasteiger charge is -2.51. The van der Waals surface area contributed by atoms with E-state index < -0.39 is 5.60 Å². The van der Waals surface area contributed by atoms with Gasteiger partial charge in [-0.25, -0.2) is 4.79 Å². The van der Waals surface area contributed by atoms with Crippen molar-refractivity contribution in [2.45, 2.75) is 62.1 Å². The molecule has 1 amide bonds. The SMILES string of the molecule is O=C(OCC1c2ccccc2-c2ccccc21)N1C2CCCC1CC(O)(C/C=C/c1ccccc1)C2. The summed E-state index contributed by atoms with van der Waals surface area (Å²) in [4.78, 5) is 15.4. The minimum atomic E-state index is -0.777. The van der Waals surface area contributed by atoms with Crippen molar-refractivity contribution >= 4 is 12.2 Å². The maximum Gasteiger partial charge on any atom is 0.410 e. The molecule has 2 unspecified atom stereocenters. The van der Waals surface area contributed by atoms with Crippen molar-refractivity contribution in [1.29, 1.82) is 0 Å². The smallest absolute Gasteiger partial charge is 0.410 e. The molecule has 2 atom stereocenters. The van der Waals surface area contributed by atoms with Gasteiger partial charge in [0.25, 0.3) is 0 Å². The number of amides is 1. The van der Waals surface area contributed by atoms with Crippen LogP contribution in [-0.2, 0) is 4.74 Å². The van der Waals surface area contributed by atoms with Gasteiger partial charge >= 0.3 is 6.09 Å². The van der Waals surface area contributed by atoms with E-state index >= 15 is 0 Å². The van der Waals surface area contributed by atoms with Crippen molar-refractivity contribution in [3.63, 3.8) is 0 Å². The van der Waals surface area contributed by atoms with Crippen LogP contribution in [0.15, 0.2) is 84.9 Å². The molecule has 2 aliphatic heterocycles. The standard InChI is InChI=1S/C32H33NO3/c34-31(36-22-30-28-17-6-4-15-26(28)27-16-5-7-18-29(27)30)33-24-13-8-14-25(33)21-32(35,20-24)19-9-12-23-10-2-1-3-11-23/h1-7,9-12,15-18,24-25,30,35H,8,13-14,19-22H2/b12-9+. The monoisotopic (exact) mass is 479 g/mol. The molecule has 2 heterocycles. The van der Waals surface area contributed by atoms with Gasteiger partial charge in [-0.3, -0.25) is 0 Å². The third-order valence-corrected chi connectivity index (χ3v) is 8.25. The summed E-state index contributed by atoms with van der Waals surface area (Å²) in [6, 6.07) is 27.1. The lowest BCUT2D eigenvalue weighted by atomic mass is 9.74. The average Bonchev–Trinajstić information content (AvgIpc) is 3.21. The number of carbonyl (C=O) groups excluding carboxylic acids is 1. The molecule has 184 valence electrons. The molecule has 3 aromatic rings. The molecule has 36 heavy (non-hydrogen) atoms. The number of aliphatic hydroxyl groups is 1. The van der Waals surface area contributed by atoms with Crippen LogP contribution in [0.5, 0.6) is 0 Å². The second-order valence-corrected chi connectivity index (χ2v) is 10.6. The Morgan fingerprint density at radius 3 is 2.11 bits per heavy atom. The van der Waals surface area contributed by atoms with Gasteiger partial charge in [-0.2, -0.15) is 0 Å². The van der Waals surface area contributed by atoms with E-state index in [1.807, 2.05) is 23.1 Å². The number of nitrogens with zero attached hydrogens (tertiary/aromatic N) is 1. The number of benzene rings is 3. The maximum atomic E-state index is 13.4. The van der Waals surface area contributed by atoms with E-state index in [0.29, 0.717) is 25.9 Å². The summed E-state index contributed by atoms with van der Waals surface area (Å²) in [7, 11) is 0. The van der Waals surface area contributed by atoms with Gasteiger partial charge in [0.15, 0.2) is 0 Å². The highest BCUT2D eigenvalue weighted by atomic mass is 16.6. The number of rotatable bonds is 5. The Hall–Kier alpha value is -3.37. The predicted molar refractivity (Wildman–Crippen MR) is 143 cm³/mol. The van der Waals surface area contributed by atoms with Gasteiger partial charge in [-0.05, 0) is 66.3 Å². The first kappa shape index (κ1) is 23.1. The van der Waals surface area contributed by atoms with Crippen LogP contribution in [0.1, 0.15) is 61.1 Å². The van der Waals surface area contributed by atoms with Crippen LogP contribution >= 0.6 is 0 Å². The molecule has 0 radical (unpaired) electrons. The highest BCUT2D eigenvalue weighted by molar-refractivity contribution is 5.79. The Bertz CT molecular complexity index is 1210. The molecule has 2 saturated heterocycles. The highest BCUT2D eigenvalue weighted by Crippen LogP contribution is 2.45. The minimum absolute atomic E-state index is 0.0308. The third-order valence-electron chi connectivity index (χ3n) is 8.25. The fourth-order valence-electron chi connectivity index (χ4n) is 6.64. The molecule has 0 spiro atoms. The number of piperidine rings is 2. The average molecular weight is 480 g/mol. The Morgan fingerprint density at radius 2 is 1.47 bits per heavy atom. The van der Waals surface area contributed by atoms with Gasteiger partial charge in [0, 0.05) is 18.0 Å². The zero-order valence-corrected chi connectivity index (χ0v) is 20.6. The molecule has 2 fully saturated rings. The van der Waals surface area contributed by atoms with Crippen LogP contribution < -0.4 is 0 Å². The Balaban J connectivity index is 1.13. The van der Waals surface area contributed by atoms with Crippen molar-refractivity contribution in [3.8, 4) is 11.1 Å². The van der Waals surface area contributed by atoms with Gasteiger partial charge in [0.2, 0.25) is 0 Å². The summed E-state index contributed by atoms with van der Waals surface area (Å²) in [6.07, 6.45) is 8.68. The summed E-state index contributed by atoms with van der Waals surface area (Å²) in [5.74, 6) is 0.0611. The van der Waals surface area contributed by atoms with Crippen LogP contribution in [0, 0.1) is 0 Å². The van der Waals surface area contributed by atoms with Crippen molar-refractivity contribution in [2.75, 3.05) is 6.61 Å². The molecule has 4 heteroatoms. The molecule has 2 bridgehead atoms. The highest BCUT2D eigenvalue weighted by Gasteiger charge is 2.47. The van der Waals surface area contributed by atoms with E-state index in [1.165, 1.54) is 22.3 Å². The van der Waals surface area contributed by atoms with Crippen LogP contribution in [0.2, 0.25) is 0 Å². The Morgan fingerprint density at radius 1 is 0.889 bits per heavy atom. The fraction of sp³-hybridized carbons (Fsp3) is 0.344. The maximum absolute atomic E-state index is 13.4. The summed E-state index contributed by atoms with van der Waals surface area (Å²) < 4.78 is 6.01. The quantitative estimate of drug-likeness (QED) is 0.438. The van der Waals surface area contributed by atoms with Crippen molar-refractivity contribution in [1.82, 2.24) is 4.90 Å². The number of ether oxygens (including phenoxy) is 1. The Labute approximate surface area is 213 Å².